The molecule has 0 atom stereocenters. The number of hydrogen-bond donors (Lipinski definition) is 1. The number of aromatic nitrogens is 3. The predicted octanol–water partition coefficient (Wildman–Crippen LogP) is 2.70. The van der Waals surface area contributed by atoms with E-state index in [2.05, 4.69) is 33.3 Å². The van der Waals surface area contributed by atoms with Crippen molar-refractivity contribution in [2.45, 2.75) is 19.9 Å². The molecule has 88 valence electrons. The number of nitrogens with one attached hydrogen (secondary N) is 1. The summed E-state index contributed by atoms with van der Waals surface area (Å²) < 4.78 is 0. The highest BCUT2D eigenvalue weighted by Crippen LogP contribution is 2.11. The maximum absolute atomic E-state index is 5.78. The number of aryl methyl sites for hydroxylation is 1. The number of hydrogen-bond acceptors (Lipinski definition) is 4. The quantitative estimate of drug-likeness (QED) is 0.846. The van der Waals surface area contributed by atoms with Crippen LogP contribution in [0.2, 0.25) is 5.15 Å². The van der Waals surface area contributed by atoms with Crippen LogP contribution in [0.4, 0.5) is 5.82 Å². The van der Waals surface area contributed by atoms with Crippen LogP contribution in [-0.4, -0.2) is 15.0 Å². The summed E-state index contributed by atoms with van der Waals surface area (Å²) in [5, 5.41) is 3.61. The fourth-order valence-corrected chi connectivity index (χ4v) is 1.70. The summed E-state index contributed by atoms with van der Waals surface area (Å²) in [6, 6.07) is 5.72. The zero-order valence-corrected chi connectivity index (χ0v) is 10.3. The second kappa shape index (κ2) is 5.59. The van der Waals surface area contributed by atoms with Crippen LogP contribution in [0.15, 0.2) is 30.7 Å². The van der Waals surface area contributed by atoms with Crippen LogP contribution in [-0.2, 0) is 13.0 Å². The summed E-state index contributed by atoms with van der Waals surface area (Å²) in [6.45, 7) is 2.75. The van der Waals surface area contributed by atoms with Crippen LogP contribution in [0.3, 0.4) is 0 Å². The second-order valence-corrected chi connectivity index (χ2v) is 3.93. The highest BCUT2D eigenvalue weighted by atomic mass is 35.5. The van der Waals surface area contributed by atoms with E-state index in [1.807, 2.05) is 6.07 Å². The number of rotatable bonds is 4. The molecule has 0 saturated heterocycles. The van der Waals surface area contributed by atoms with Crippen LogP contribution < -0.4 is 5.32 Å². The molecule has 0 aromatic carbocycles. The lowest BCUT2D eigenvalue weighted by molar-refractivity contribution is 0.961. The van der Waals surface area contributed by atoms with Crippen molar-refractivity contribution < 1.29 is 0 Å². The van der Waals surface area contributed by atoms with E-state index < -0.39 is 0 Å². The van der Waals surface area contributed by atoms with Crippen molar-refractivity contribution in [3.63, 3.8) is 0 Å². The topological polar surface area (TPSA) is 50.7 Å². The molecule has 5 heteroatoms. The lowest BCUT2D eigenvalue weighted by Gasteiger charge is -2.08. The van der Waals surface area contributed by atoms with Gasteiger partial charge >= 0.3 is 0 Å². The van der Waals surface area contributed by atoms with Gasteiger partial charge in [-0.25, -0.2) is 9.97 Å². The molecule has 1 N–H and O–H groups in total. The molecule has 2 aromatic rings. The van der Waals surface area contributed by atoms with Crippen LogP contribution >= 0.6 is 11.6 Å². The normalized spacial score (nSPS) is 10.2. The van der Waals surface area contributed by atoms with Gasteiger partial charge in [-0.1, -0.05) is 24.6 Å². The minimum absolute atomic E-state index is 0.430. The number of nitrogens with zero attached hydrogens (tertiary/aromatic N) is 3. The lowest BCUT2D eigenvalue weighted by atomic mass is 10.1. The third-order valence-electron chi connectivity index (χ3n) is 2.44. The number of anilines is 1. The monoisotopic (exact) mass is 248 g/mol. The maximum Gasteiger partial charge on any atom is 0.134 e. The Morgan fingerprint density at radius 1 is 1.29 bits per heavy atom. The smallest absolute Gasteiger partial charge is 0.134 e. The molecule has 0 aliphatic heterocycles. The molecule has 17 heavy (non-hydrogen) atoms. The van der Waals surface area contributed by atoms with Crippen molar-refractivity contribution in [2.75, 3.05) is 5.32 Å². The molecule has 0 unspecified atom stereocenters. The van der Waals surface area contributed by atoms with Crippen LogP contribution in [0.1, 0.15) is 18.2 Å². The van der Waals surface area contributed by atoms with Crippen LogP contribution in [0.25, 0.3) is 0 Å². The van der Waals surface area contributed by atoms with Gasteiger partial charge in [-0.15, -0.1) is 0 Å². The summed E-state index contributed by atoms with van der Waals surface area (Å²) in [5.41, 5.74) is 2.27. The highest BCUT2D eigenvalue weighted by Gasteiger charge is 2.02. The van der Waals surface area contributed by atoms with Crippen LogP contribution in [0, 0.1) is 0 Å². The van der Waals surface area contributed by atoms with E-state index in [1.54, 1.807) is 12.3 Å². The van der Waals surface area contributed by atoms with Gasteiger partial charge in [0.2, 0.25) is 0 Å². The first-order valence-electron chi connectivity index (χ1n) is 5.43. The molecule has 4 nitrogen and oxygen atoms in total. The van der Waals surface area contributed by atoms with Gasteiger partial charge in [-0.3, -0.25) is 4.98 Å². The standard InChI is InChI=1S/C12H13ClN4/c1-2-9-4-3-5-14-10(9)7-15-12-6-11(13)16-8-17-12/h3-6,8H,2,7H2,1H3,(H,15,16,17). The van der Waals surface area contributed by atoms with Crippen molar-refractivity contribution in [1.82, 2.24) is 15.0 Å². The summed E-state index contributed by atoms with van der Waals surface area (Å²) in [4.78, 5) is 12.3. The van der Waals surface area contributed by atoms with Gasteiger partial charge < -0.3 is 5.32 Å². The Morgan fingerprint density at radius 3 is 2.94 bits per heavy atom. The number of halogens is 1. The number of pyridine rings is 1. The maximum atomic E-state index is 5.78. The van der Waals surface area contributed by atoms with Gasteiger partial charge in [0.05, 0.1) is 12.2 Å². The fourth-order valence-electron chi connectivity index (χ4n) is 1.56. The SMILES string of the molecule is CCc1cccnc1CNc1cc(Cl)ncn1. The highest BCUT2D eigenvalue weighted by molar-refractivity contribution is 6.29. The first kappa shape index (κ1) is 11.8. The van der Waals surface area contributed by atoms with Gasteiger partial charge in [0.25, 0.3) is 0 Å². The first-order valence-corrected chi connectivity index (χ1v) is 5.81. The predicted molar refractivity (Wildman–Crippen MR) is 68.0 cm³/mol. The largest absolute Gasteiger partial charge is 0.364 e. The minimum atomic E-state index is 0.430. The second-order valence-electron chi connectivity index (χ2n) is 3.54. The van der Waals surface area contributed by atoms with E-state index in [0.29, 0.717) is 17.5 Å². The van der Waals surface area contributed by atoms with Crippen molar-refractivity contribution >= 4 is 17.4 Å². The molecular weight excluding hydrogens is 236 g/mol. The van der Waals surface area contributed by atoms with Crippen LogP contribution in [0.5, 0.6) is 0 Å². The molecule has 2 heterocycles. The Labute approximate surface area is 105 Å². The fraction of sp³-hybridized carbons (Fsp3) is 0.250. The molecule has 0 spiro atoms. The van der Waals surface area contributed by atoms with Gasteiger partial charge in [-0.05, 0) is 18.1 Å². The third-order valence-corrected chi connectivity index (χ3v) is 2.64. The molecule has 0 amide bonds. The van der Waals surface area contributed by atoms with Crippen molar-refractivity contribution in [2.24, 2.45) is 0 Å². The summed E-state index contributed by atoms with van der Waals surface area (Å²) in [6.07, 6.45) is 4.20. The van der Waals surface area contributed by atoms with Crippen molar-refractivity contribution in [3.8, 4) is 0 Å². The summed E-state index contributed by atoms with van der Waals surface area (Å²) in [5.74, 6) is 0.706. The molecule has 2 rings (SSSR count). The zero-order chi connectivity index (χ0) is 12.1. The third kappa shape index (κ3) is 3.14. The Balaban J connectivity index is 2.07. The summed E-state index contributed by atoms with van der Waals surface area (Å²) in [7, 11) is 0. The van der Waals surface area contributed by atoms with Crippen molar-refractivity contribution in [1.29, 1.82) is 0 Å². The van der Waals surface area contributed by atoms with Gasteiger partial charge in [0, 0.05) is 12.3 Å². The Hall–Kier alpha value is -1.68. The Bertz CT molecular complexity index is 501. The zero-order valence-electron chi connectivity index (χ0n) is 9.52. The average Bonchev–Trinajstić information content (AvgIpc) is 2.37. The molecule has 0 bridgehead atoms. The Morgan fingerprint density at radius 2 is 2.18 bits per heavy atom. The molecule has 0 aliphatic rings. The van der Waals surface area contributed by atoms with Crippen molar-refractivity contribution in [3.05, 3.63) is 47.1 Å². The molecule has 2 aromatic heterocycles. The summed E-state index contributed by atoms with van der Waals surface area (Å²) >= 11 is 5.78. The molecular formula is C12H13ClN4. The van der Waals surface area contributed by atoms with E-state index in [-0.39, 0.29) is 0 Å². The molecule has 0 aliphatic carbocycles. The van der Waals surface area contributed by atoms with E-state index in [4.69, 9.17) is 11.6 Å². The average molecular weight is 249 g/mol. The van der Waals surface area contributed by atoms with E-state index in [1.165, 1.54) is 11.9 Å². The van der Waals surface area contributed by atoms with E-state index >= 15 is 0 Å². The minimum Gasteiger partial charge on any atom is -0.364 e. The van der Waals surface area contributed by atoms with E-state index in [0.717, 1.165) is 12.1 Å². The van der Waals surface area contributed by atoms with Gasteiger partial charge in [0.15, 0.2) is 0 Å². The lowest BCUT2D eigenvalue weighted by Crippen LogP contribution is -2.06. The first-order chi connectivity index (χ1) is 8.29. The van der Waals surface area contributed by atoms with E-state index in [9.17, 15) is 0 Å². The molecule has 0 fully saturated rings. The Kier molecular flexibility index (Phi) is 3.88. The molecule has 0 radical (unpaired) electrons. The van der Waals surface area contributed by atoms with Gasteiger partial charge in [0.1, 0.15) is 17.3 Å². The van der Waals surface area contributed by atoms with Gasteiger partial charge in [-0.2, -0.15) is 0 Å². The molecule has 0 saturated carbocycles.